The minimum atomic E-state index is -0.000972. The van der Waals surface area contributed by atoms with Crippen LogP contribution < -0.4 is 10.6 Å². The van der Waals surface area contributed by atoms with Crippen molar-refractivity contribution in [2.45, 2.75) is 52.5 Å². The maximum absolute atomic E-state index is 11.3. The SMILES string of the molecule is CC(C)(C)CCNC(=O)NC1CCC1. The smallest absolute Gasteiger partial charge is 0.315 e. The Morgan fingerprint density at radius 1 is 1.36 bits per heavy atom. The van der Waals surface area contributed by atoms with E-state index >= 15 is 0 Å². The number of amides is 2. The molecule has 0 unspecified atom stereocenters. The second-order valence-corrected chi connectivity index (χ2v) is 5.34. The summed E-state index contributed by atoms with van der Waals surface area (Å²) in [6.07, 6.45) is 4.57. The Kier molecular flexibility index (Phi) is 3.78. The lowest BCUT2D eigenvalue weighted by atomic mass is 9.92. The van der Waals surface area contributed by atoms with Crippen molar-refractivity contribution in [3.05, 3.63) is 0 Å². The van der Waals surface area contributed by atoms with E-state index in [1.165, 1.54) is 6.42 Å². The molecule has 0 aromatic carbocycles. The fourth-order valence-electron chi connectivity index (χ4n) is 1.34. The van der Waals surface area contributed by atoms with Crippen LogP contribution in [0.5, 0.6) is 0 Å². The first-order chi connectivity index (χ1) is 6.47. The number of urea groups is 1. The molecule has 0 saturated heterocycles. The summed E-state index contributed by atoms with van der Waals surface area (Å²) in [6, 6.07) is 0.434. The highest BCUT2D eigenvalue weighted by atomic mass is 16.2. The molecule has 0 aromatic rings. The first-order valence-electron chi connectivity index (χ1n) is 5.52. The Balaban J connectivity index is 2.03. The van der Waals surface area contributed by atoms with E-state index in [0.717, 1.165) is 25.8 Å². The molecule has 0 aliphatic heterocycles. The van der Waals surface area contributed by atoms with E-state index in [1.54, 1.807) is 0 Å². The van der Waals surface area contributed by atoms with Crippen LogP contribution >= 0.6 is 0 Å². The van der Waals surface area contributed by atoms with Crippen LogP contribution in [0.4, 0.5) is 4.79 Å². The number of hydrogen-bond donors (Lipinski definition) is 2. The number of carbonyl (C=O) groups excluding carboxylic acids is 1. The van der Waals surface area contributed by atoms with Crippen LogP contribution in [0.25, 0.3) is 0 Å². The third-order valence-corrected chi connectivity index (χ3v) is 2.60. The van der Waals surface area contributed by atoms with E-state index < -0.39 is 0 Å². The van der Waals surface area contributed by atoms with Gasteiger partial charge in [-0.05, 0) is 31.1 Å². The van der Waals surface area contributed by atoms with Crippen LogP contribution in [0.3, 0.4) is 0 Å². The Hall–Kier alpha value is -0.730. The summed E-state index contributed by atoms with van der Waals surface area (Å²) >= 11 is 0. The van der Waals surface area contributed by atoms with Crippen LogP contribution in [0, 0.1) is 5.41 Å². The maximum Gasteiger partial charge on any atom is 0.315 e. The molecule has 14 heavy (non-hydrogen) atoms. The zero-order chi connectivity index (χ0) is 10.6. The highest BCUT2D eigenvalue weighted by Gasteiger charge is 2.19. The number of nitrogens with one attached hydrogen (secondary N) is 2. The fourth-order valence-corrected chi connectivity index (χ4v) is 1.34. The van der Waals surface area contributed by atoms with E-state index in [0.29, 0.717) is 11.5 Å². The standard InChI is InChI=1S/C11H22N2O/c1-11(2,3)7-8-12-10(14)13-9-5-4-6-9/h9H,4-8H2,1-3H3,(H2,12,13,14). The molecular weight excluding hydrogens is 176 g/mol. The largest absolute Gasteiger partial charge is 0.338 e. The lowest BCUT2D eigenvalue weighted by molar-refractivity contribution is 0.226. The van der Waals surface area contributed by atoms with Gasteiger partial charge in [0.25, 0.3) is 0 Å². The molecule has 1 aliphatic carbocycles. The van der Waals surface area contributed by atoms with Crippen molar-refractivity contribution in [1.29, 1.82) is 0 Å². The van der Waals surface area contributed by atoms with E-state index in [9.17, 15) is 4.79 Å². The van der Waals surface area contributed by atoms with Gasteiger partial charge in [-0.15, -0.1) is 0 Å². The monoisotopic (exact) mass is 198 g/mol. The minimum absolute atomic E-state index is 0.000972. The normalized spacial score (nSPS) is 17.4. The third-order valence-electron chi connectivity index (χ3n) is 2.60. The quantitative estimate of drug-likeness (QED) is 0.717. The molecule has 2 N–H and O–H groups in total. The van der Waals surface area contributed by atoms with Crippen LogP contribution in [-0.4, -0.2) is 18.6 Å². The second kappa shape index (κ2) is 4.67. The molecule has 1 rings (SSSR count). The van der Waals surface area contributed by atoms with Crippen molar-refractivity contribution in [2.75, 3.05) is 6.54 Å². The average Bonchev–Trinajstić information content (AvgIpc) is 1.94. The first-order valence-corrected chi connectivity index (χ1v) is 5.52. The Labute approximate surface area is 86.6 Å². The third kappa shape index (κ3) is 4.49. The van der Waals surface area contributed by atoms with Crippen molar-refractivity contribution >= 4 is 6.03 Å². The number of hydrogen-bond acceptors (Lipinski definition) is 1. The summed E-state index contributed by atoms with van der Waals surface area (Å²) in [7, 11) is 0. The molecule has 0 heterocycles. The van der Waals surface area contributed by atoms with E-state index in [1.807, 2.05) is 0 Å². The number of rotatable bonds is 3. The summed E-state index contributed by atoms with van der Waals surface area (Å²) in [6.45, 7) is 7.30. The molecule has 1 aliphatic rings. The summed E-state index contributed by atoms with van der Waals surface area (Å²) in [5.41, 5.74) is 0.295. The van der Waals surface area contributed by atoms with Gasteiger partial charge in [0.15, 0.2) is 0 Å². The predicted molar refractivity (Wildman–Crippen MR) is 58.2 cm³/mol. The van der Waals surface area contributed by atoms with Gasteiger partial charge in [0.05, 0.1) is 0 Å². The fraction of sp³-hybridized carbons (Fsp3) is 0.909. The van der Waals surface area contributed by atoms with Gasteiger partial charge >= 0.3 is 6.03 Å². The van der Waals surface area contributed by atoms with Crippen LogP contribution in [0.15, 0.2) is 0 Å². The van der Waals surface area contributed by atoms with E-state index in [2.05, 4.69) is 31.4 Å². The van der Waals surface area contributed by atoms with Gasteiger partial charge in [-0.25, -0.2) is 4.79 Å². The molecule has 0 bridgehead atoms. The molecule has 2 amide bonds. The zero-order valence-electron chi connectivity index (χ0n) is 9.52. The summed E-state index contributed by atoms with van der Waals surface area (Å²) in [5.74, 6) is 0. The van der Waals surface area contributed by atoms with E-state index in [4.69, 9.17) is 0 Å². The van der Waals surface area contributed by atoms with Crippen molar-refractivity contribution in [3.8, 4) is 0 Å². The van der Waals surface area contributed by atoms with Crippen molar-refractivity contribution < 1.29 is 4.79 Å². The predicted octanol–water partition coefficient (Wildman–Crippen LogP) is 2.27. The second-order valence-electron chi connectivity index (χ2n) is 5.34. The van der Waals surface area contributed by atoms with Gasteiger partial charge in [0.1, 0.15) is 0 Å². The van der Waals surface area contributed by atoms with Crippen LogP contribution in [0.2, 0.25) is 0 Å². The molecule has 0 atom stereocenters. The summed E-state index contributed by atoms with van der Waals surface area (Å²) in [4.78, 5) is 11.3. The van der Waals surface area contributed by atoms with Crippen molar-refractivity contribution in [1.82, 2.24) is 10.6 Å². The van der Waals surface area contributed by atoms with Crippen LogP contribution in [0.1, 0.15) is 46.5 Å². The van der Waals surface area contributed by atoms with Gasteiger partial charge in [-0.1, -0.05) is 20.8 Å². The molecule has 0 aromatic heterocycles. The van der Waals surface area contributed by atoms with Gasteiger partial charge in [0.2, 0.25) is 0 Å². The lowest BCUT2D eigenvalue weighted by Crippen LogP contribution is -2.45. The highest BCUT2D eigenvalue weighted by Crippen LogP contribution is 2.18. The Morgan fingerprint density at radius 3 is 2.43 bits per heavy atom. The Bertz CT molecular complexity index is 192. The molecular formula is C11H22N2O. The summed E-state index contributed by atoms with van der Waals surface area (Å²) < 4.78 is 0. The summed E-state index contributed by atoms with van der Waals surface area (Å²) in [5, 5.41) is 5.84. The Morgan fingerprint density at radius 2 is 2.00 bits per heavy atom. The van der Waals surface area contributed by atoms with Gasteiger partial charge in [-0.2, -0.15) is 0 Å². The van der Waals surface area contributed by atoms with Crippen molar-refractivity contribution in [3.63, 3.8) is 0 Å². The average molecular weight is 198 g/mol. The molecule has 0 radical (unpaired) electrons. The molecule has 82 valence electrons. The molecule has 1 fully saturated rings. The zero-order valence-corrected chi connectivity index (χ0v) is 9.52. The van der Waals surface area contributed by atoms with Crippen molar-refractivity contribution in [2.24, 2.45) is 5.41 Å². The maximum atomic E-state index is 11.3. The minimum Gasteiger partial charge on any atom is -0.338 e. The molecule has 1 saturated carbocycles. The lowest BCUT2D eigenvalue weighted by Gasteiger charge is -2.26. The highest BCUT2D eigenvalue weighted by molar-refractivity contribution is 5.74. The first kappa shape index (κ1) is 11.3. The molecule has 0 spiro atoms. The van der Waals surface area contributed by atoms with E-state index in [-0.39, 0.29) is 6.03 Å². The number of carbonyl (C=O) groups is 1. The molecule has 3 nitrogen and oxygen atoms in total. The van der Waals surface area contributed by atoms with Gasteiger partial charge in [-0.3, -0.25) is 0 Å². The molecule has 3 heteroatoms. The van der Waals surface area contributed by atoms with Gasteiger partial charge in [0, 0.05) is 12.6 Å². The van der Waals surface area contributed by atoms with Crippen LogP contribution in [-0.2, 0) is 0 Å². The topological polar surface area (TPSA) is 41.1 Å². The van der Waals surface area contributed by atoms with Gasteiger partial charge < -0.3 is 10.6 Å².